The third-order valence-electron chi connectivity index (χ3n) is 4.79. The van der Waals surface area contributed by atoms with Gasteiger partial charge in [-0.1, -0.05) is 0 Å². The van der Waals surface area contributed by atoms with E-state index < -0.39 is 66.0 Å². The Morgan fingerprint density at radius 3 is 2.52 bits per heavy atom. The monoisotopic (exact) mass is 456 g/mol. The van der Waals surface area contributed by atoms with E-state index in [1.807, 2.05) is 0 Å². The van der Waals surface area contributed by atoms with Crippen molar-refractivity contribution in [3.8, 4) is 0 Å². The molecule has 0 saturated carbocycles. The summed E-state index contributed by atoms with van der Waals surface area (Å²) in [6.45, 7) is 0.337. The number of aromatic nitrogens is 4. The average Bonchev–Trinajstić information content (AvgIpc) is 2.97. The number of hydrogen-bond acceptors (Lipinski definition) is 5. The number of aryl methyl sites for hydroxylation is 1. The van der Waals surface area contributed by atoms with E-state index in [1.165, 1.54) is 6.92 Å². The Bertz CT molecular complexity index is 1040. The average molecular weight is 456 g/mol. The fraction of sp³-hybridized carbons (Fsp3) is 0.529. The van der Waals surface area contributed by atoms with Crippen molar-refractivity contribution in [2.45, 2.75) is 44.7 Å². The van der Waals surface area contributed by atoms with Crippen molar-refractivity contribution in [3.63, 3.8) is 0 Å². The molecule has 0 aromatic carbocycles. The molecule has 1 aliphatic heterocycles. The first-order valence-corrected chi connectivity index (χ1v) is 8.98. The van der Waals surface area contributed by atoms with Crippen LogP contribution in [0.15, 0.2) is 17.1 Å². The zero-order chi connectivity index (χ0) is 23.1. The summed E-state index contributed by atoms with van der Waals surface area (Å²) in [5.74, 6) is -5.43. The minimum absolute atomic E-state index is 0.186. The third-order valence-corrected chi connectivity index (χ3v) is 4.79. The van der Waals surface area contributed by atoms with Crippen LogP contribution in [0.25, 0.3) is 0 Å². The van der Waals surface area contributed by atoms with Crippen molar-refractivity contribution in [2.24, 2.45) is 5.92 Å². The van der Waals surface area contributed by atoms with Crippen molar-refractivity contribution in [2.75, 3.05) is 6.61 Å². The van der Waals surface area contributed by atoms with Gasteiger partial charge >= 0.3 is 24.0 Å². The highest BCUT2D eigenvalue weighted by Gasteiger charge is 2.52. The molecular weight excluding hydrogens is 441 g/mol. The number of fused-ring (bicyclic) bond motifs is 1. The first kappa shape index (κ1) is 22.7. The predicted octanol–water partition coefficient (Wildman–Crippen LogP) is 2.87. The highest BCUT2D eigenvalue weighted by molar-refractivity contribution is 5.75. The molecule has 2 atom stereocenters. The van der Waals surface area contributed by atoms with Crippen molar-refractivity contribution >= 4 is 5.97 Å². The van der Waals surface area contributed by atoms with Gasteiger partial charge < -0.3 is 4.74 Å². The van der Waals surface area contributed by atoms with Gasteiger partial charge in [-0.2, -0.15) is 31.4 Å². The van der Waals surface area contributed by atoms with E-state index in [1.54, 1.807) is 0 Å². The number of carbonyl (C=O) groups is 1. The van der Waals surface area contributed by atoms with Crippen LogP contribution in [0, 0.1) is 11.7 Å². The molecule has 0 N–H and O–H groups in total. The summed E-state index contributed by atoms with van der Waals surface area (Å²) in [7, 11) is 0. The molecule has 0 saturated heterocycles. The van der Waals surface area contributed by atoms with Crippen molar-refractivity contribution in [1.82, 2.24) is 19.3 Å². The van der Waals surface area contributed by atoms with Gasteiger partial charge in [0, 0.05) is 18.2 Å². The van der Waals surface area contributed by atoms with Crippen molar-refractivity contribution < 1.29 is 40.3 Å². The van der Waals surface area contributed by atoms with Gasteiger partial charge in [0.2, 0.25) is 0 Å². The number of nitrogens with zero attached hydrogens (tertiary/aromatic N) is 4. The van der Waals surface area contributed by atoms with E-state index in [9.17, 15) is 40.3 Å². The molecule has 2 aromatic rings. The van der Waals surface area contributed by atoms with Gasteiger partial charge in [0.1, 0.15) is 11.9 Å². The maximum Gasteiger partial charge on any atom is 0.436 e. The van der Waals surface area contributed by atoms with Gasteiger partial charge in [0.05, 0.1) is 19.1 Å². The molecule has 0 amide bonds. The molecule has 14 heteroatoms. The quantitative estimate of drug-likeness (QED) is 0.522. The normalized spacial score (nSPS) is 19.2. The Morgan fingerprint density at radius 1 is 1.26 bits per heavy atom. The molecule has 3 rings (SSSR count). The molecule has 170 valence electrons. The topological polar surface area (TPSA) is 79.0 Å². The maximum atomic E-state index is 14.2. The molecule has 0 spiro atoms. The number of hydrogen-bond donors (Lipinski definition) is 0. The van der Waals surface area contributed by atoms with Crippen LogP contribution >= 0.6 is 0 Å². The second-order valence-corrected chi connectivity index (χ2v) is 6.74. The first-order chi connectivity index (χ1) is 14.4. The lowest BCUT2D eigenvalue weighted by Gasteiger charge is -2.31. The molecule has 0 fully saturated rings. The van der Waals surface area contributed by atoms with E-state index >= 15 is 0 Å². The number of carbonyl (C=O) groups excluding carboxylic acids is 1. The second-order valence-electron chi connectivity index (χ2n) is 6.74. The molecule has 0 radical (unpaired) electrons. The number of pyridine rings is 1. The van der Waals surface area contributed by atoms with Crippen LogP contribution in [0.1, 0.15) is 36.5 Å². The fourth-order valence-corrected chi connectivity index (χ4v) is 3.45. The molecule has 31 heavy (non-hydrogen) atoms. The Hall–Kier alpha value is -2.93. The molecule has 1 aliphatic rings. The summed E-state index contributed by atoms with van der Waals surface area (Å²) in [4.78, 5) is 27.9. The summed E-state index contributed by atoms with van der Waals surface area (Å²) in [6.07, 6.45) is -10.1. The predicted molar refractivity (Wildman–Crippen MR) is 88.3 cm³/mol. The molecular formula is C17H15F7N4O3. The Labute approximate surface area is 169 Å². The molecule has 7 nitrogen and oxygen atoms in total. The third kappa shape index (κ3) is 4.28. The van der Waals surface area contributed by atoms with Gasteiger partial charge in [-0.3, -0.25) is 4.57 Å². The Morgan fingerprint density at radius 2 is 1.94 bits per heavy atom. The maximum absolute atomic E-state index is 14.2. The van der Waals surface area contributed by atoms with E-state index in [0.717, 1.165) is 6.07 Å². The van der Waals surface area contributed by atoms with Crippen LogP contribution in [-0.2, 0) is 28.7 Å². The number of halogens is 7. The van der Waals surface area contributed by atoms with Crippen molar-refractivity contribution in [1.29, 1.82) is 0 Å². The largest absolute Gasteiger partial charge is 0.464 e. The highest BCUT2D eigenvalue weighted by Crippen LogP contribution is 2.41. The zero-order valence-electron chi connectivity index (χ0n) is 15.8. The highest BCUT2D eigenvalue weighted by atomic mass is 19.4. The molecule has 0 bridgehead atoms. The van der Waals surface area contributed by atoms with Crippen LogP contribution in [0.5, 0.6) is 0 Å². The first-order valence-electron chi connectivity index (χ1n) is 8.98. The molecule has 3 heterocycles. The minimum atomic E-state index is -5.09. The molecule has 2 aromatic heterocycles. The van der Waals surface area contributed by atoms with E-state index in [-0.39, 0.29) is 18.9 Å². The van der Waals surface area contributed by atoms with E-state index in [4.69, 9.17) is 0 Å². The number of esters is 1. The van der Waals surface area contributed by atoms with Crippen LogP contribution in [-0.4, -0.2) is 38.1 Å². The summed E-state index contributed by atoms with van der Waals surface area (Å²) in [6, 6.07) is -1.16. The summed E-state index contributed by atoms with van der Waals surface area (Å²) >= 11 is 0. The minimum Gasteiger partial charge on any atom is -0.464 e. The molecule has 0 aliphatic carbocycles. The van der Waals surface area contributed by atoms with E-state index in [0.29, 0.717) is 15.4 Å². The van der Waals surface area contributed by atoms with Gasteiger partial charge in [0.15, 0.2) is 11.5 Å². The van der Waals surface area contributed by atoms with Gasteiger partial charge in [-0.25, -0.2) is 23.6 Å². The second kappa shape index (κ2) is 7.96. The number of rotatable bonds is 4. The Kier molecular flexibility index (Phi) is 5.84. The lowest BCUT2D eigenvalue weighted by Crippen LogP contribution is -2.45. The van der Waals surface area contributed by atoms with E-state index in [2.05, 4.69) is 14.8 Å². The summed E-state index contributed by atoms with van der Waals surface area (Å²) in [5.41, 5.74) is -3.60. The van der Waals surface area contributed by atoms with Crippen LogP contribution in [0.2, 0.25) is 0 Å². The molecule has 0 unspecified atom stereocenters. The standard InChI is InChI=1S/C17H15F7N4O3/c1-2-31-14(29)12-9(16(19,20)21)3-4-10-26-27(15(30)28(10)12)7-8-5-6-25-13(11(8)18)17(22,23)24/h5-6,9,12H,2-4,7H2,1H3/t9-,12-/m1/s1. The van der Waals surface area contributed by atoms with Crippen LogP contribution < -0.4 is 5.69 Å². The summed E-state index contributed by atoms with van der Waals surface area (Å²) in [5, 5.41) is 3.81. The number of alkyl halides is 6. The van der Waals surface area contributed by atoms with Crippen LogP contribution in [0.3, 0.4) is 0 Å². The Balaban J connectivity index is 2.05. The lowest BCUT2D eigenvalue weighted by atomic mass is 9.90. The zero-order valence-corrected chi connectivity index (χ0v) is 15.8. The van der Waals surface area contributed by atoms with Crippen LogP contribution in [0.4, 0.5) is 30.7 Å². The fourth-order valence-electron chi connectivity index (χ4n) is 3.45. The smallest absolute Gasteiger partial charge is 0.436 e. The number of ether oxygens (including phenoxy) is 1. The van der Waals surface area contributed by atoms with Gasteiger partial charge in [-0.15, -0.1) is 0 Å². The van der Waals surface area contributed by atoms with Gasteiger partial charge in [-0.05, 0) is 19.4 Å². The summed E-state index contributed by atoms with van der Waals surface area (Å²) < 4.78 is 98.9. The van der Waals surface area contributed by atoms with Gasteiger partial charge in [0.25, 0.3) is 0 Å². The SMILES string of the molecule is CCOC(=O)[C@H]1[C@H](C(F)(F)F)CCc2nn(Cc3ccnc(C(F)(F)F)c3F)c(=O)n21. The lowest BCUT2D eigenvalue weighted by molar-refractivity contribution is -0.200. The van der Waals surface area contributed by atoms with Crippen molar-refractivity contribution in [3.05, 3.63) is 45.6 Å².